The van der Waals surface area contributed by atoms with Crippen molar-refractivity contribution in [2.24, 2.45) is 0 Å². The Kier molecular flexibility index (Phi) is 4.54. The van der Waals surface area contributed by atoms with Crippen molar-refractivity contribution in [3.05, 3.63) is 35.9 Å². The van der Waals surface area contributed by atoms with E-state index in [1.165, 1.54) is 18.0 Å². The zero-order valence-corrected chi connectivity index (χ0v) is 17.6. The van der Waals surface area contributed by atoms with Gasteiger partial charge in [0.1, 0.15) is 23.8 Å². The molecule has 0 bridgehead atoms. The highest BCUT2D eigenvalue weighted by Gasteiger charge is 2.41. The molecule has 0 aliphatic carbocycles. The third-order valence-corrected chi connectivity index (χ3v) is 5.80. The summed E-state index contributed by atoms with van der Waals surface area (Å²) in [6.07, 6.45) is 2.97. The first-order valence-electron chi connectivity index (χ1n) is 10.2. The molecule has 4 N–H and O–H groups in total. The summed E-state index contributed by atoms with van der Waals surface area (Å²) in [6.45, 7) is 4.51. The summed E-state index contributed by atoms with van der Waals surface area (Å²) in [6, 6.07) is 2.83. The highest BCUT2D eigenvalue weighted by atomic mass is 19.1. The van der Waals surface area contributed by atoms with E-state index in [2.05, 4.69) is 20.6 Å². The summed E-state index contributed by atoms with van der Waals surface area (Å²) < 4.78 is 34.5. The first-order valence-corrected chi connectivity index (χ1v) is 10.2. The van der Waals surface area contributed by atoms with Crippen LogP contribution in [0.4, 0.5) is 30.8 Å². The van der Waals surface area contributed by atoms with Crippen LogP contribution in [0.3, 0.4) is 0 Å². The van der Waals surface area contributed by atoms with E-state index in [4.69, 9.17) is 10.5 Å². The number of benzene rings is 1. The molecule has 10 heteroatoms. The van der Waals surface area contributed by atoms with Gasteiger partial charge in [-0.05, 0) is 36.9 Å². The maximum atomic E-state index is 15.2. The standard InChI is InChI=1S/C22H22F2N6O2/c1-11-14(7-28-20-19(11)26-3-4-32-20)13-5-12-6-16(27-8-15(12)18(25)17(13)23)29-21(31)30-9-22(2,24)10-30/h5-8,26H,3-4,9-10,25H2,1-2H3,(H,27,29,31). The van der Waals surface area contributed by atoms with E-state index >= 15 is 4.39 Å². The molecule has 0 unspecified atom stereocenters. The normalized spacial score (nSPS) is 16.6. The number of nitrogens with one attached hydrogen (secondary N) is 2. The number of pyridine rings is 2. The number of nitrogens with two attached hydrogens (primary N) is 1. The number of likely N-dealkylation sites (tertiary alicyclic amines) is 1. The molecule has 1 fully saturated rings. The predicted molar refractivity (Wildman–Crippen MR) is 118 cm³/mol. The number of amides is 2. The van der Waals surface area contributed by atoms with Crippen LogP contribution in [0.2, 0.25) is 0 Å². The fourth-order valence-corrected chi connectivity index (χ4v) is 4.14. The fourth-order valence-electron chi connectivity index (χ4n) is 4.14. The van der Waals surface area contributed by atoms with Crippen LogP contribution in [0.1, 0.15) is 12.5 Å². The maximum absolute atomic E-state index is 15.2. The molecular formula is C22H22F2N6O2. The van der Waals surface area contributed by atoms with Gasteiger partial charge in [-0.2, -0.15) is 0 Å². The molecule has 0 atom stereocenters. The van der Waals surface area contributed by atoms with Crippen LogP contribution in [0.25, 0.3) is 21.9 Å². The topological polar surface area (TPSA) is 105 Å². The van der Waals surface area contributed by atoms with Gasteiger partial charge in [-0.15, -0.1) is 0 Å². The fraction of sp³-hybridized carbons (Fsp3) is 0.318. The highest BCUT2D eigenvalue weighted by Crippen LogP contribution is 2.39. The SMILES string of the molecule is Cc1c(-c2cc3cc(NC(=O)N4CC(C)(F)C4)ncc3c(N)c2F)cnc2c1NCCO2. The van der Waals surface area contributed by atoms with Crippen LogP contribution < -0.4 is 21.1 Å². The Morgan fingerprint density at radius 3 is 2.81 bits per heavy atom. The number of rotatable bonds is 2. The summed E-state index contributed by atoms with van der Waals surface area (Å²) in [5, 5.41) is 6.92. The molecule has 32 heavy (non-hydrogen) atoms. The number of urea groups is 1. The van der Waals surface area contributed by atoms with Gasteiger partial charge in [-0.25, -0.2) is 23.5 Å². The first-order chi connectivity index (χ1) is 15.2. The highest BCUT2D eigenvalue weighted by molar-refractivity contribution is 6.00. The second kappa shape index (κ2) is 7.18. The van der Waals surface area contributed by atoms with Crippen LogP contribution in [-0.4, -0.2) is 52.8 Å². The molecule has 2 aliphatic rings. The molecule has 0 spiro atoms. The summed E-state index contributed by atoms with van der Waals surface area (Å²) in [5.41, 5.74) is 7.07. The lowest BCUT2D eigenvalue weighted by Gasteiger charge is -2.41. The molecular weight excluding hydrogens is 418 g/mol. The van der Waals surface area contributed by atoms with Gasteiger partial charge in [0.2, 0.25) is 5.88 Å². The molecule has 2 amide bonds. The summed E-state index contributed by atoms with van der Waals surface area (Å²) >= 11 is 0. The van der Waals surface area contributed by atoms with Gasteiger partial charge in [0, 0.05) is 35.5 Å². The monoisotopic (exact) mass is 440 g/mol. The predicted octanol–water partition coefficient (Wildman–Crippen LogP) is 3.71. The van der Waals surface area contributed by atoms with Crippen molar-refractivity contribution in [1.82, 2.24) is 14.9 Å². The van der Waals surface area contributed by atoms with Crippen molar-refractivity contribution < 1.29 is 18.3 Å². The average molecular weight is 440 g/mol. The van der Waals surface area contributed by atoms with E-state index in [0.29, 0.717) is 35.4 Å². The second-order valence-corrected chi connectivity index (χ2v) is 8.39. The van der Waals surface area contributed by atoms with E-state index in [0.717, 1.165) is 11.3 Å². The van der Waals surface area contributed by atoms with E-state index in [1.807, 2.05) is 6.92 Å². The van der Waals surface area contributed by atoms with Gasteiger partial charge in [0.25, 0.3) is 0 Å². The number of nitrogen functional groups attached to an aromatic ring is 1. The summed E-state index contributed by atoms with van der Waals surface area (Å²) in [4.78, 5) is 22.1. The van der Waals surface area contributed by atoms with Crippen LogP contribution >= 0.6 is 0 Å². The average Bonchev–Trinajstić information content (AvgIpc) is 2.75. The molecule has 3 aromatic rings. The number of ether oxygens (including phenoxy) is 1. The zero-order chi connectivity index (χ0) is 22.6. The number of carbonyl (C=O) groups excluding carboxylic acids is 1. The lowest BCUT2D eigenvalue weighted by atomic mass is 9.97. The minimum Gasteiger partial charge on any atom is -0.474 e. The Hall–Kier alpha value is -3.69. The summed E-state index contributed by atoms with van der Waals surface area (Å²) in [5.74, 6) is 0.180. The molecule has 0 saturated carbocycles. The van der Waals surface area contributed by atoms with E-state index in [-0.39, 0.29) is 30.2 Å². The smallest absolute Gasteiger partial charge is 0.323 e. The summed E-state index contributed by atoms with van der Waals surface area (Å²) in [7, 11) is 0. The second-order valence-electron chi connectivity index (χ2n) is 8.39. The van der Waals surface area contributed by atoms with Crippen LogP contribution in [0, 0.1) is 12.7 Å². The Morgan fingerprint density at radius 2 is 2.06 bits per heavy atom. The maximum Gasteiger partial charge on any atom is 0.323 e. The molecule has 166 valence electrons. The Bertz CT molecular complexity index is 1260. The van der Waals surface area contributed by atoms with Gasteiger partial charge in [-0.1, -0.05) is 0 Å². The zero-order valence-electron chi connectivity index (χ0n) is 17.6. The molecule has 2 aromatic heterocycles. The largest absolute Gasteiger partial charge is 0.474 e. The third kappa shape index (κ3) is 3.31. The van der Waals surface area contributed by atoms with Gasteiger partial charge < -0.3 is 20.7 Å². The number of halogens is 2. The molecule has 8 nitrogen and oxygen atoms in total. The third-order valence-electron chi connectivity index (χ3n) is 5.80. The van der Waals surface area contributed by atoms with Gasteiger partial charge >= 0.3 is 6.03 Å². The minimum atomic E-state index is -1.37. The number of nitrogens with zero attached hydrogens (tertiary/aromatic N) is 3. The quantitative estimate of drug-likeness (QED) is 0.525. The van der Waals surface area contributed by atoms with Crippen molar-refractivity contribution in [3.63, 3.8) is 0 Å². The van der Waals surface area contributed by atoms with Crippen molar-refractivity contribution in [2.75, 3.05) is 42.6 Å². The molecule has 5 rings (SSSR count). The van der Waals surface area contributed by atoms with Crippen molar-refractivity contribution >= 4 is 34.0 Å². The van der Waals surface area contributed by atoms with E-state index in [9.17, 15) is 9.18 Å². The molecule has 1 aromatic carbocycles. The lowest BCUT2D eigenvalue weighted by Crippen LogP contribution is -2.60. The van der Waals surface area contributed by atoms with Gasteiger partial charge in [-0.3, -0.25) is 5.32 Å². The van der Waals surface area contributed by atoms with E-state index < -0.39 is 17.5 Å². The molecule has 4 heterocycles. The lowest BCUT2D eigenvalue weighted by molar-refractivity contribution is 0.0144. The number of alkyl halides is 1. The number of fused-ring (bicyclic) bond motifs is 2. The Labute approximate surface area is 182 Å². The van der Waals surface area contributed by atoms with Crippen LogP contribution in [-0.2, 0) is 0 Å². The number of anilines is 3. The van der Waals surface area contributed by atoms with Crippen molar-refractivity contribution in [1.29, 1.82) is 0 Å². The van der Waals surface area contributed by atoms with Gasteiger partial charge in [0.05, 0.1) is 18.8 Å². The number of hydrogen-bond acceptors (Lipinski definition) is 6. The number of aromatic nitrogens is 2. The Morgan fingerprint density at radius 1 is 1.28 bits per heavy atom. The van der Waals surface area contributed by atoms with Crippen molar-refractivity contribution in [2.45, 2.75) is 19.5 Å². The Balaban J connectivity index is 1.52. The van der Waals surface area contributed by atoms with Crippen molar-refractivity contribution in [3.8, 4) is 17.0 Å². The number of hydrogen-bond donors (Lipinski definition) is 3. The minimum absolute atomic E-state index is 0.0249. The van der Waals surface area contributed by atoms with E-state index in [1.54, 1.807) is 18.3 Å². The van der Waals surface area contributed by atoms with Gasteiger partial charge in [0.15, 0.2) is 5.82 Å². The number of carbonyl (C=O) groups is 1. The molecule has 2 aliphatic heterocycles. The molecule has 0 radical (unpaired) electrons. The van der Waals surface area contributed by atoms with Crippen LogP contribution in [0.15, 0.2) is 24.5 Å². The van der Waals surface area contributed by atoms with Crippen LogP contribution in [0.5, 0.6) is 5.88 Å². The first kappa shape index (κ1) is 20.2. The molecule has 1 saturated heterocycles.